The van der Waals surface area contributed by atoms with Gasteiger partial charge in [-0.2, -0.15) is 5.26 Å². The van der Waals surface area contributed by atoms with Gasteiger partial charge >= 0.3 is 0 Å². The maximum Gasteiger partial charge on any atom is 0.154 e. The standard InChI is InChI=1S/C17H25N3O/c1-3-13-14-4-5-16(11(2)21)19-17(14)8-12-9-20(7-6-18)10-15(12)13/h12-16H,3-5,7-10H2,1-2H3/t12-,13?,14?,15-,16?/m1/s1. The van der Waals surface area contributed by atoms with Gasteiger partial charge in [0.2, 0.25) is 0 Å². The summed E-state index contributed by atoms with van der Waals surface area (Å²) in [6.45, 7) is 6.62. The van der Waals surface area contributed by atoms with Gasteiger partial charge in [-0.1, -0.05) is 13.3 Å². The summed E-state index contributed by atoms with van der Waals surface area (Å²) in [7, 11) is 0. The number of fused-ring (bicyclic) bond motifs is 2. The molecule has 0 aromatic heterocycles. The maximum absolute atomic E-state index is 11.6. The second kappa shape index (κ2) is 5.88. The van der Waals surface area contributed by atoms with E-state index >= 15 is 0 Å². The molecule has 0 radical (unpaired) electrons. The minimum absolute atomic E-state index is 0.0816. The fourth-order valence-electron chi connectivity index (χ4n) is 4.90. The highest BCUT2D eigenvalue weighted by Gasteiger charge is 2.47. The number of nitriles is 1. The average molecular weight is 287 g/mol. The van der Waals surface area contributed by atoms with E-state index in [0.717, 1.165) is 38.3 Å². The van der Waals surface area contributed by atoms with Crippen LogP contribution in [-0.4, -0.2) is 42.1 Å². The number of aliphatic imine (C=N–C) groups is 1. The zero-order chi connectivity index (χ0) is 15.0. The molecule has 0 amide bonds. The Hall–Kier alpha value is -1.21. The molecule has 21 heavy (non-hydrogen) atoms. The van der Waals surface area contributed by atoms with E-state index in [0.29, 0.717) is 24.3 Å². The topological polar surface area (TPSA) is 56.5 Å². The molecule has 1 saturated heterocycles. The van der Waals surface area contributed by atoms with Crippen LogP contribution >= 0.6 is 0 Å². The van der Waals surface area contributed by atoms with Crippen LogP contribution < -0.4 is 0 Å². The number of nitrogens with zero attached hydrogens (tertiary/aromatic N) is 3. The molecule has 0 spiro atoms. The fraction of sp³-hybridized carbons (Fsp3) is 0.824. The highest BCUT2D eigenvalue weighted by Crippen LogP contribution is 2.46. The Kier molecular flexibility index (Phi) is 4.12. The molecule has 2 heterocycles. The minimum atomic E-state index is -0.0816. The van der Waals surface area contributed by atoms with Crippen LogP contribution in [0.3, 0.4) is 0 Å². The lowest BCUT2D eigenvalue weighted by molar-refractivity contribution is -0.118. The third-order valence-electron chi connectivity index (χ3n) is 5.84. The lowest BCUT2D eigenvalue weighted by Gasteiger charge is -2.43. The Morgan fingerprint density at radius 2 is 2.24 bits per heavy atom. The summed E-state index contributed by atoms with van der Waals surface area (Å²) in [5.74, 6) is 2.87. The van der Waals surface area contributed by atoms with Gasteiger partial charge < -0.3 is 0 Å². The van der Waals surface area contributed by atoms with Gasteiger partial charge in [0.1, 0.15) is 6.04 Å². The molecule has 5 atom stereocenters. The Morgan fingerprint density at radius 1 is 1.43 bits per heavy atom. The minimum Gasteiger partial charge on any atom is -0.298 e. The average Bonchev–Trinajstić information content (AvgIpc) is 2.86. The molecule has 1 saturated carbocycles. The molecule has 0 N–H and O–H groups in total. The van der Waals surface area contributed by atoms with Gasteiger partial charge in [-0.25, -0.2) is 0 Å². The van der Waals surface area contributed by atoms with Crippen molar-refractivity contribution in [1.82, 2.24) is 4.90 Å². The van der Waals surface area contributed by atoms with Crippen molar-refractivity contribution < 1.29 is 4.79 Å². The van der Waals surface area contributed by atoms with Gasteiger partial charge in [0.15, 0.2) is 5.78 Å². The highest BCUT2D eigenvalue weighted by atomic mass is 16.1. The lowest BCUT2D eigenvalue weighted by Crippen LogP contribution is -2.43. The first-order valence-corrected chi connectivity index (χ1v) is 8.30. The van der Waals surface area contributed by atoms with Gasteiger partial charge in [0.25, 0.3) is 0 Å². The highest BCUT2D eigenvalue weighted by molar-refractivity contribution is 5.93. The largest absolute Gasteiger partial charge is 0.298 e. The third-order valence-corrected chi connectivity index (χ3v) is 5.84. The van der Waals surface area contributed by atoms with E-state index in [1.807, 2.05) is 0 Å². The van der Waals surface area contributed by atoms with Crippen molar-refractivity contribution in [2.75, 3.05) is 19.6 Å². The molecule has 2 aliphatic heterocycles. The molecule has 3 rings (SSSR count). The van der Waals surface area contributed by atoms with E-state index in [1.165, 1.54) is 12.1 Å². The number of hydrogen-bond acceptors (Lipinski definition) is 4. The molecule has 3 unspecified atom stereocenters. The number of carbonyl (C=O) groups excluding carboxylic acids is 1. The van der Waals surface area contributed by atoms with Crippen molar-refractivity contribution in [2.24, 2.45) is 28.7 Å². The number of carbonyl (C=O) groups is 1. The molecule has 2 fully saturated rings. The summed E-state index contributed by atoms with van der Waals surface area (Å²) in [5, 5.41) is 8.93. The van der Waals surface area contributed by atoms with E-state index in [1.54, 1.807) is 6.92 Å². The quantitative estimate of drug-likeness (QED) is 0.748. The van der Waals surface area contributed by atoms with Crippen molar-refractivity contribution in [1.29, 1.82) is 5.26 Å². The van der Waals surface area contributed by atoms with E-state index in [4.69, 9.17) is 10.3 Å². The Balaban J connectivity index is 1.82. The van der Waals surface area contributed by atoms with E-state index in [-0.39, 0.29) is 11.8 Å². The summed E-state index contributed by atoms with van der Waals surface area (Å²) in [4.78, 5) is 18.8. The zero-order valence-corrected chi connectivity index (χ0v) is 13.1. The van der Waals surface area contributed by atoms with Crippen molar-refractivity contribution in [3.63, 3.8) is 0 Å². The van der Waals surface area contributed by atoms with Crippen LogP contribution in [0.15, 0.2) is 4.99 Å². The molecule has 1 aliphatic carbocycles. The van der Waals surface area contributed by atoms with Crippen molar-refractivity contribution in [3.05, 3.63) is 0 Å². The first-order chi connectivity index (χ1) is 10.1. The summed E-state index contributed by atoms with van der Waals surface area (Å²) >= 11 is 0. The molecule has 0 bridgehead atoms. The Bertz CT molecular complexity index is 493. The normalized spacial score (nSPS) is 39.1. The third kappa shape index (κ3) is 2.64. The van der Waals surface area contributed by atoms with Crippen molar-refractivity contribution >= 4 is 11.5 Å². The second-order valence-electron chi connectivity index (χ2n) is 6.98. The van der Waals surface area contributed by atoms with Crippen molar-refractivity contribution in [3.8, 4) is 6.07 Å². The second-order valence-corrected chi connectivity index (χ2v) is 6.98. The van der Waals surface area contributed by atoms with E-state index < -0.39 is 0 Å². The summed E-state index contributed by atoms with van der Waals surface area (Å²) in [5.41, 5.74) is 1.31. The lowest BCUT2D eigenvalue weighted by atomic mass is 9.63. The predicted octanol–water partition coefficient (Wildman–Crippen LogP) is 2.30. The Morgan fingerprint density at radius 3 is 2.90 bits per heavy atom. The molecular weight excluding hydrogens is 262 g/mol. The number of hydrogen-bond donors (Lipinski definition) is 0. The SMILES string of the molecule is CCC1C2CCC(C(C)=O)N=C2C[C@@H]2CN(CC#N)C[C@@H]12. The monoisotopic (exact) mass is 287 g/mol. The van der Waals surface area contributed by atoms with Gasteiger partial charge in [-0.3, -0.25) is 14.7 Å². The maximum atomic E-state index is 11.6. The number of Topliss-reactive ketones (excluding diaryl/α,β-unsaturated/α-hetero) is 1. The van der Waals surface area contributed by atoms with Crippen LogP contribution in [0.4, 0.5) is 0 Å². The van der Waals surface area contributed by atoms with E-state index in [2.05, 4.69) is 17.9 Å². The van der Waals surface area contributed by atoms with Crippen LogP contribution in [0.25, 0.3) is 0 Å². The van der Waals surface area contributed by atoms with Gasteiger partial charge in [0.05, 0.1) is 12.6 Å². The first-order valence-electron chi connectivity index (χ1n) is 8.30. The van der Waals surface area contributed by atoms with Crippen LogP contribution in [0, 0.1) is 35.0 Å². The van der Waals surface area contributed by atoms with E-state index in [9.17, 15) is 4.79 Å². The summed E-state index contributed by atoms with van der Waals surface area (Å²) in [6.07, 6.45) is 4.30. The Labute approximate surface area is 127 Å². The molecule has 4 nitrogen and oxygen atoms in total. The number of likely N-dealkylation sites (tertiary alicyclic amines) is 1. The molecule has 0 aromatic carbocycles. The number of ketones is 1. The van der Waals surface area contributed by atoms with Crippen LogP contribution in [0.1, 0.15) is 39.5 Å². The molecule has 4 heteroatoms. The summed E-state index contributed by atoms with van der Waals surface area (Å²) < 4.78 is 0. The molecule has 3 aliphatic rings. The fourth-order valence-corrected chi connectivity index (χ4v) is 4.90. The first kappa shape index (κ1) is 14.7. The van der Waals surface area contributed by atoms with Crippen LogP contribution in [-0.2, 0) is 4.79 Å². The molecule has 0 aromatic rings. The smallest absolute Gasteiger partial charge is 0.154 e. The van der Waals surface area contributed by atoms with Gasteiger partial charge in [0, 0.05) is 24.7 Å². The number of rotatable bonds is 3. The molecule has 114 valence electrons. The van der Waals surface area contributed by atoms with Gasteiger partial charge in [-0.05, 0) is 43.9 Å². The van der Waals surface area contributed by atoms with Crippen molar-refractivity contribution in [2.45, 2.75) is 45.6 Å². The molecular formula is C17H25N3O. The van der Waals surface area contributed by atoms with Crippen LogP contribution in [0.5, 0.6) is 0 Å². The van der Waals surface area contributed by atoms with Crippen LogP contribution in [0.2, 0.25) is 0 Å². The zero-order valence-electron chi connectivity index (χ0n) is 13.1. The summed E-state index contributed by atoms with van der Waals surface area (Å²) in [6, 6.07) is 2.21. The van der Waals surface area contributed by atoms with Gasteiger partial charge in [-0.15, -0.1) is 0 Å². The predicted molar refractivity (Wildman–Crippen MR) is 82.1 cm³/mol.